The van der Waals surface area contributed by atoms with Crippen molar-refractivity contribution in [3.05, 3.63) is 53.3 Å². The molecule has 0 fully saturated rings. The summed E-state index contributed by atoms with van der Waals surface area (Å²) in [7, 11) is 1.90. The van der Waals surface area contributed by atoms with Crippen molar-refractivity contribution in [1.29, 1.82) is 0 Å². The molecular weight excluding hydrogens is 277 g/mol. The van der Waals surface area contributed by atoms with E-state index < -0.39 is 11.7 Å². The minimum atomic E-state index is -4.37. The normalized spacial score (nSPS) is 17.8. The van der Waals surface area contributed by atoms with Crippen LogP contribution in [-0.2, 0) is 12.6 Å². The van der Waals surface area contributed by atoms with Gasteiger partial charge in [-0.15, -0.1) is 0 Å². The topological polar surface area (TPSA) is 24.9 Å². The van der Waals surface area contributed by atoms with Crippen molar-refractivity contribution in [1.82, 2.24) is 10.3 Å². The Bertz CT molecular complexity index is 665. The largest absolute Gasteiger partial charge is 0.417 e. The summed E-state index contributed by atoms with van der Waals surface area (Å²) < 4.78 is 39.3. The maximum atomic E-state index is 13.1. The Kier molecular flexibility index (Phi) is 3.45. The number of alkyl halides is 3. The van der Waals surface area contributed by atoms with Gasteiger partial charge in [-0.1, -0.05) is 18.2 Å². The molecule has 1 atom stereocenters. The van der Waals surface area contributed by atoms with Gasteiger partial charge in [-0.25, -0.2) is 0 Å². The van der Waals surface area contributed by atoms with E-state index in [-0.39, 0.29) is 5.56 Å². The molecule has 0 bridgehead atoms. The molecule has 5 heteroatoms. The highest BCUT2D eigenvalue weighted by atomic mass is 19.4. The first-order chi connectivity index (χ1) is 10.0. The van der Waals surface area contributed by atoms with Gasteiger partial charge in [0.1, 0.15) is 0 Å². The molecule has 2 nitrogen and oxygen atoms in total. The lowest BCUT2D eigenvalue weighted by Gasteiger charge is -2.14. The lowest BCUT2D eigenvalue weighted by atomic mass is 9.97. The Morgan fingerprint density at radius 3 is 2.76 bits per heavy atom. The van der Waals surface area contributed by atoms with Crippen LogP contribution in [0.4, 0.5) is 13.2 Å². The van der Waals surface area contributed by atoms with Crippen LogP contribution in [0, 0.1) is 0 Å². The monoisotopic (exact) mass is 292 g/mol. The third kappa shape index (κ3) is 2.53. The van der Waals surface area contributed by atoms with E-state index >= 15 is 0 Å². The van der Waals surface area contributed by atoms with Gasteiger partial charge >= 0.3 is 6.18 Å². The Morgan fingerprint density at radius 2 is 2.05 bits per heavy atom. The van der Waals surface area contributed by atoms with Crippen LogP contribution in [0.2, 0.25) is 0 Å². The Morgan fingerprint density at radius 1 is 1.24 bits per heavy atom. The molecule has 0 saturated carbocycles. The molecule has 1 heterocycles. The molecule has 0 radical (unpaired) electrons. The number of nitrogens with one attached hydrogen (secondary N) is 1. The van der Waals surface area contributed by atoms with Crippen LogP contribution in [-0.4, -0.2) is 12.0 Å². The molecule has 0 saturated heterocycles. The van der Waals surface area contributed by atoms with E-state index in [1.807, 2.05) is 19.2 Å². The van der Waals surface area contributed by atoms with Crippen LogP contribution in [0.3, 0.4) is 0 Å². The predicted octanol–water partition coefficient (Wildman–Crippen LogP) is 3.97. The van der Waals surface area contributed by atoms with Crippen molar-refractivity contribution in [2.75, 3.05) is 7.05 Å². The number of aryl methyl sites for hydroxylation is 1. The third-order valence-corrected chi connectivity index (χ3v) is 4.01. The van der Waals surface area contributed by atoms with Crippen LogP contribution in [0.15, 0.2) is 36.7 Å². The number of fused-ring (bicyclic) bond motifs is 1. The number of halogens is 3. The molecule has 1 aromatic heterocycles. The van der Waals surface area contributed by atoms with E-state index in [9.17, 15) is 13.2 Å². The molecular formula is C16H15F3N2. The van der Waals surface area contributed by atoms with Crippen molar-refractivity contribution >= 4 is 0 Å². The van der Waals surface area contributed by atoms with E-state index in [1.54, 1.807) is 6.07 Å². The third-order valence-electron chi connectivity index (χ3n) is 4.01. The van der Waals surface area contributed by atoms with E-state index in [0.29, 0.717) is 11.6 Å². The summed E-state index contributed by atoms with van der Waals surface area (Å²) in [5, 5.41) is 3.22. The fourth-order valence-electron chi connectivity index (χ4n) is 2.96. The van der Waals surface area contributed by atoms with Crippen LogP contribution in [0.1, 0.15) is 29.2 Å². The summed E-state index contributed by atoms with van der Waals surface area (Å²) >= 11 is 0. The van der Waals surface area contributed by atoms with E-state index in [4.69, 9.17) is 0 Å². The fraction of sp³-hybridized carbons (Fsp3) is 0.312. The zero-order valence-corrected chi connectivity index (χ0v) is 11.5. The molecule has 1 aliphatic rings. The van der Waals surface area contributed by atoms with Crippen LogP contribution in [0.5, 0.6) is 0 Å². The summed E-state index contributed by atoms with van der Waals surface area (Å²) in [5.41, 5.74) is 2.37. The molecule has 0 spiro atoms. The SMILES string of the molecule is CNC1CCc2cc(-c3cnccc3C(F)(F)F)ccc21. The first-order valence-electron chi connectivity index (χ1n) is 6.82. The summed E-state index contributed by atoms with van der Waals surface area (Å²) in [6.45, 7) is 0. The molecule has 1 aliphatic carbocycles. The molecule has 21 heavy (non-hydrogen) atoms. The van der Waals surface area contributed by atoms with Gasteiger partial charge < -0.3 is 5.32 Å². The smallest absolute Gasteiger partial charge is 0.313 e. The van der Waals surface area contributed by atoms with Crippen molar-refractivity contribution in [2.24, 2.45) is 0 Å². The first kappa shape index (κ1) is 14.1. The molecule has 2 aromatic rings. The highest BCUT2D eigenvalue weighted by molar-refractivity contribution is 5.68. The molecule has 1 aromatic carbocycles. The lowest BCUT2D eigenvalue weighted by Crippen LogP contribution is -2.12. The van der Waals surface area contributed by atoms with Gasteiger partial charge in [0, 0.05) is 24.0 Å². The van der Waals surface area contributed by atoms with E-state index in [2.05, 4.69) is 10.3 Å². The molecule has 1 unspecified atom stereocenters. The Hall–Kier alpha value is -1.88. The molecule has 3 rings (SSSR count). The number of hydrogen-bond acceptors (Lipinski definition) is 2. The number of benzene rings is 1. The number of rotatable bonds is 2. The van der Waals surface area contributed by atoms with Gasteiger partial charge in [-0.3, -0.25) is 4.98 Å². The van der Waals surface area contributed by atoms with Gasteiger partial charge in [0.25, 0.3) is 0 Å². The second kappa shape index (κ2) is 5.15. The number of aromatic nitrogens is 1. The van der Waals surface area contributed by atoms with Gasteiger partial charge in [0.2, 0.25) is 0 Å². The van der Waals surface area contributed by atoms with Crippen molar-refractivity contribution < 1.29 is 13.2 Å². The van der Waals surface area contributed by atoms with Gasteiger partial charge in [-0.2, -0.15) is 13.2 Å². The summed E-state index contributed by atoms with van der Waals surface area (Å²) in [4.78, 5) is 3.85. The number of hydrogen-bond donors (Lipinski definition) is 1. The van der Waals surface area contributed by atoms with Crippen molar-refractivity contribution in [3.63, 3.8) is 0 Å². The number of pyridine rings is 1. The zero-order chi connectivity index (χ0) is 15.0. The average molecular weight is 292 g/mol. The molecule has 0 amide bonds. The zero-order valence-electron chi connectivity index (χ0n) is 11.5. The van der Waals surface area contributed by atoms with Crippen LogP contribution < -0.4 is 5.32 Å². The van der Waals surface area contributed by atoms with E-state index in [0.717, 1.165) is 24.5 Å². The second-order valence-corrected chi connectivity index (χ2v) is 5.21. The maximum Gasteiger partial charge on any atom is 0.417 e. The van der Waals surface area contributed by atoms with E-state index in [1.165, 1.54) is 18.0 Å². The summed E-state index contributed by atoms with van der Waals surface area (Å²) in [6.07, 6.45) is -0.0404. The van der Waals surface area contributed by atoms with Gasteiger partial charge in [-0.05, 0) is 42.6 Å². The van der Waals surface area contributed by atoms with Crippen LogP contribution in [0.25, 0.3) is 11.1 Å². The molecule has 0 aliphatic heterocycles. The minimum Gasteiger partial charge on any atom is -0.313 e. The van der Waals surface area contributed by atoms with Gasteiger partial charge in [0.15, 0.2) is 0 Å². The quantitative estimate of drug-likeness (QED) is 0.905. The average Bonchev–Trinajstić information content (AvgIpc) is 2.88. The summed E-state index contributed by atoms with van der Waals surface area (Å²) in [5.74, 6) is 0. The predicted molar refractivity (Wildman–Crippen MR) is 74.8 cm³/mol. The number of nitrogens with zero attached hydrogens (tertiary/aromatic N) is 1. The maximum absolute atomic E-state index is 13.1. The van der Waals surface area contributed by atoms with Gasteiger partial charge in [0.05, 0.1) is 5.56 Å². The molecule has 1 N–H and O–H groups in total. The minimum absolute atomic E-state index is 0.140. The van der Waals surface area contributed by atoms with Crippen molar-refractivity contribution in [2.45, 2.75) is 25.1 Å². The Labute approximate surface area is 121 Å². The second-order valence-electron chi connectivity index (χ2n) is 5.21. The highest BCUT2D eigenvalue weighted by Crippen LogP contribution is 2.39. The molecule has 110 valence electrons. The standard InChI is InChI=1S/C16H15F3N2/c1-20-15-5-3-10-8-11(2-4-12(10)15)13-9-21-7-6-14(13)16(17,18)19/h2,4,6-9,15,20H,3,5H2,1H3. The highest BCUT2D eigenvalue weighted by Gasteiger charge is 2.34. The van der Waals surface area contributed by atoms with Crippen molar-refractivity contribution in [3.8, 4) is 11.1 Å². The summed E-state index contributed by atoms with van der Waals surface area (Å²) in [6, 6.07) is 6.86. The first-order valence-corrected chi connectivity index (χ1v) is 6.82. The Balaban J connectivity index is 2.07. The lowest BCUT2D eigenvalue weighted by molar-refractivity contribution is -0.137. The fourth-order valence-corrected chi connectivity index (χ4v) is 2.96. The van der Waals surface area contributed by atoms with Crippen LogP contribution >= 0.6 is 0 Å².